The molecule has 0 radical (unpaired) electrons. The van der Waals surface area contributed by atoms with Crippen LogP contribution in [0, 0.1) is 0 Å². The van der Waals surface area contributed by atoms with Crippen molar-refractivity contribution in [2.24, 2.45) is 0 Å². The quantitative estimate of drug-likeness (QED) is 0.246. The maximum absolute atomic E-state index is 10.1. The van der Waals surface area contributed by atoms with Gasteiger partial charge in [0.1, 0.15) is 24.7 Å². The summed E-state index contributed by atoms with van der Waals surface area (Å²) in [5.41, 5.74) is 7.06. The number of aliphatic hydroxyl groups is 1. The van der Waals surface area contributed by atoms with Crippen molar-refractivity contribution in [1.29, 1.82) is 0 Å². The molecule has 0 saturated carbocycles. The van der Waals surface area contributed by atoms with Gasteiger partial charge in [0.05, 0.1) is 6.10 Å². The molecule has 1 aliphatic rings. The Hall–Kier alpha value is -3.60. The molecule has 1 atom stereocenters. The Morgan fingerprint density at radius 1 is 0.763 bits per heavy atom. The first-order chi connectivity index (χ1) is 18.7. The lowest BCUT2D eigenvalue weighted by molar-refractivity contribution is 0.177. The van der Waals surface area contributed by atoms with Gasteiger partial charge in [-0.05, 0) is 47.1 Å². The summed E-state index contributed by atoms with van der Waals surface area (Å²) in [5, 5.41) is 10.1. The fourth-order valence-corrected chi connectivity index (χ4v) is 5.31. The van der Waals surface area contributed by atoms with Crippen LogP contribution < -0.4 is 9.47 Å². The number of likely N-dealkylation sites (tertiary alicyclic amines) is 1. The van der Waals surface area contributed by atoms with Crippen molar-refractivity contribution in [2.45, 2.75) is 45.5 Å². The molecule has 1 saturated heterocycles. The molecule has 1 fully saturated rings. The smallest absolute Gasteiger partial charge is 0.131 e. The Morgan fingerprint density at radius 3 is 1.89 bits per heavy atom. The molecule has 1 heterocycles. The second kappa shape index (κ2) is 12.8. The van der Waals surface area contributed by atoms with Crippen molar-refractivity contribution in [3.8, 4) is 22.6 Å². The van der Waals surface area contributed by atoms with E-state index < -0.39 is 0 Å². The van der Waals surface area contributed by atoms with Crippen molar-refractivity contribution < 1.29 is 14.6 Å². The lowest BCUT2D eigenvalue weighted by Gasteiger charge is -2.24. The number of β-amino-alcohol motifs (C(OH)–C–C–N with tert-alkyl or cyclic N) is 1. The third-order valence-corrected chi connectivity index (χ3v) is 7.29. The average molecular weight is 508 g/mol. The Morgan fingerprint density at radius 2 is 1.34 bits per heavy atom. The first kappa shape index (κ1) is 26.0. The number of nitrogens with zero attached hydrogens (tertiary/aromatic N) is 1. The minimum atomic E-state index is -0.223. The van der Waals surface area contributed by atoms with Crippen molar-refractivity contribution in [3.63, 3.8) is 0 Å². The van der Waals surface area contributed by atoms with Crippen LogP contribution in [0.15, 0.2) is 97.1 Å². The summed E-state index contributed by atoms with van der Waals surface area (Å²) in [7, 11) is 0. The molecule has 0 bridgehead atoms. The van der Waals surface area contributed by atoms with Gasteiger partial charge < -0.3 is 19.5 Å². The van der Waals surface area contributed by atoms with E-state index in [4.69, 9.17) is 9.47 Å². The highest BCUT2D eigenvalue weighted by atomic mass is 16.5. The summed E-state index contributed by atoms with van der Waals surface area (Å²) in [6.07, 6.45) is 2.35. The molecule has 38 heavy (non-hydrogen) atoms. The van der Waals surface area contributed by atoms with Gasteiger partial charge in [-0.1, -0.05) is 97.9 Å². The van der Waals surface area contributed by atoms with Crippen molar-refractivity contribution in [3.05, 3.63) is 119 Å². The summed E-state index contributed by atoms with van der Waals surface area (Å²) >= 11 is 0. The molecule has 0 spiro atoms. The van der Waals surface area contributed by atoms with Crippen LogP contribution in [-0.2, 0) is 26.1 Å². The second-order valence-corrected chi connectivity index (χ2v) is 9.97. The Bertz CT molecular complexity index is 1290. The molecule has 1 N–H and O–H groups in total. The third kappa shape index (κ3) is 6.45. The highest BCUT2D eigenvalue weighted by Crippen LogP contribution is 2.42. The zero-order chi connectivity index (χ0) is 26.2. The average Bonchev–Trinajstić information content (AvgIpc) is 3.39. The summed E-state index contributed by atoms with van der Waals surface area (Å²) < 4.78 is 13.1. The van der Waals surface area contributed by atoms with E-state index in [0.717, 1.165) is 72.6 Å². The van der Waals surface area contributed by atoms with Gasteiger partial charge in [0, 0.05) is 31.3 Å². The van der Waals surface area contributed by atoms with E-state index in [1.165, 1.54) is 11.1 Å². The maximum atomic E-state index is 10.1. The number of rotatable bonds is 11. The minimum absolute atomic E-state index is 0.223. The molecular formula is C34H37NO3. The van der Waals surface area contributed by atoms with Crippen LogP contribution in [0.3, 0.4) is 0 Å². The van der Waals surface area contributed by atoms with Crippen molar-refractivity contribution in [2.75, 3.05) is 19.6 Å². The van der Waals surface area contributed by atoms with Crippen LogP contribution in [0.25, 0.3) is 11.1 Å². The van der Waals surface area contributed by atoms with Gasteiger partial charge in [0.2, 0.25) is 0 Å². The number of aliphatic hydroxyl groups excluding tert-OH is 1. The van der Waals surface area contributed by atoms with Crippen LogP contribution in [-0.4, -0.2) is 35.7 Å². The van der Waals surface area contributed by atoms with Gasteiger partial charge >= 0.3 is 0 Å². The van der Waals surface area contributed by atoms with E-state index in [2.05, 4.69) is 72.5 Å². The van der Waals surface area contributed by atoms with Gasteiger partial charge in [0.25, 0.3) is 0 Å². The SMILES string of the molecule is CCc1c(OCc2ccccc2)cc(OCc2ccccc2)c(-c2ccccc2)c1CCN1CCC(O)C1. The standard InChI is InChI=1S/C34H37NO3/c1-2-30-31(19-21-35-20-18-29(36)23-35)34(28-16-10-5-11-17-28)33(38-25-27-14-8-4-9-15-27)22-32(30)37-24-26-12-6-3-7-13-26/h3-17,22,29,36H,2,18-21,23-25H2,1H3. The summed E-state index contributed by atoms with van der Waals surface area (Å²) in [6, 6.07) is 33.2. The zero-order valence-corrected chi connectivity index (χ0v) is 22.2. The molecule has 4 heteroatoms. The second-order valence-electron chi connectivity index (χ2n) is 9.97. The molecule has 4 aromatic carbocycles. The predicted octanol–water partition coefficient (Wildman–Crippen LogP) is 6.68. The number of benzene rings is 4. The predicted molar refractivity (Wildman–Crippen MR) is 154 cm³/mol. The van der Waals surface area contributed by atoms with Crippen LogP contribution in [0.1, 0.15) is 35.6 Å². The summed E-state index contributed by atoms with van der Waals surface area (Å²) in [6.45, 7) is 5.77. The van der Waals surface area contributed by atoms with Crippen molar-refractivity contribution in [1.82, 2.24) is 4.90 Å². The molecule has 4 nitrogen and oxygen atoms in total. The number of ether oxygens (including phenoxy) is 2. The molecule has 4 aromatic rings. The molecule has 1 aliphatic heterocycles. The van der Waals surface area contributed by atoms with E-state index in [0.29, 0.717) is 13.2 Å². The van der Waals surface area contributed by atoms with Gasteiger partial charge in [-0.15, -0.1) is 0 Å². The van der Waals surface area contributed by atoms with E-state index in [1.807, 2.05) is 36.4 Å². The largest absolute Gasteiger partial charge is 0.488 e. The summed E-state index contributed by atoms with van der Waals surface area (Å²) in [4.78, 5) is 2.36. The fourth-order valence-electron chi connectivity index (χ4n) is 5.31. The molecule has 0 amide bonds. The van der Waals surface area contributed by atoms with Gasteiger partial charge in [-0.2, -0.15) is 0 Å². The zero-order valence-electron chi connectivity index (χ0n) is 22.2. The summed E-state index contributed by atoms with van der Waals surface area (Å²) in [5.74, 6) is 1.73. The lowest BCUT2D eigenvalue weighted by atomic mass is 9.90. The molecular weight excluding hydrogens is 470 g/mol. The molecule has 1 unspecified atom stereocenters. The molecule has 5 rings (SSSR count). The van der Waals surface area contributed by atoms with Crippen LogP contribution >= 0.6 is 0 Å². The van der Waals surface area contributed by atoms with E-state index in [1.54, 1.807) is 0 Å². The minimum Gasteiger partial charge on any atom is -0.488 e. The Balaban J connectivity index is 1.56. The lowest BCUT2D eigenvalue weighted by Crippen LogP contribution is -2.25. The fraction of sp³-hybridized carbons (Fsp3) is 0.294. The highest BCUT2D eigenvalue weighted by Gasteiger charge is 2.24. The van der Waals surface area contributed by atoms with E-state index in [-0.39, 0.29) is 6.10 Å². The monoisotopic (exact) mass is 507 g/mol. The topological polar surface area (TPSA) is 41.9 Å². The third-order valence-electron chi connectivity index (χ3n) is 7.29. The number of hydrogen-bond donors (Lipinski definition) is 1. The van der Waals surface area contributed by atoms with Gasteiger partial charge in [-0.25, -0.2) is 0 Å². The van der Waals surface area contributed by atoms with E-state index in [9.17, 15) is 5.11 Å². The Kier molecular flexibility index (Phi) is 8.75. The van der Waals surface area contributed by atoms with Gasteiger partial charge in [0.15, 0.2) is 0 Å². The first-order valence-corrected chi connectivity index (χ1v) is 13.7. The Labute approximate surface area is 226 Å². The van der Waals surface area contributed by atoms with Gasteiger partial charge in [-0.3, -0.25) is 0 Å². The normalized spacial score (nSPS) is 15.5. The van der Waals surface area contributed by atoms with E-state index >= 15 is 0 Å². The molecule has 196 valence electrons. The maximum Gasteiger partial charge on any atom is 0.131 e. The number of hydrogen-bond acceptors (Lipinski definition) is 4. The molecule has 0 aromatic heterocycles. The first-order valence-electron chi connectivity index (χ1n) is 13.7. The van der Waals surface area contributed by atoms with Crippen LogP contribution in [0.4, 0.5) is 0 Å². The molecule has 0 aliphatic carbocycles. The van der Waals surface area contributed by atoms with Crippen molar-refractivity contribution >= 4 is 0 Å². The van der Waals surface area contributed by atoms with Crippen LogP contribution in [0.2, 0.25) is 0 Å². The van der Waals surface area contributed by atoms with Crippen LogP contribution in [0.5, 0.6) is 11.5 Å². The highest BCUT2D eigenvalue weighted by molar-refractivity contribution is 5.77.